The Morgan fingerprint density at radius 3 is 3.00 bits per heavy atom. The van der Waals surface area contributed by atoms with Crippen LogP contribution in [0.25, 0.3) is 20.7 Å². The number of ether oxygens (including phenoxy) is 2. The summed E-state index contributed by atoms with van der Waals surface area (Å²) in [5.41, 5.74) is 9.29. The normalized spacial score (nSPS) is 31.3. The summed E-state index contributed by atoms with van der Waals surface area (Å²) in [5.74, 6) is 0. The molecule has 0 saturated carbocycles. The first-order valence-electron chi connectivity index (χ1n) is 7.52. The van der Waals surface area contributed by atoms with Crippen molar-refractivity contribution in [2.45, 2.75) is 29.3 Å². The number of aromatic nitrogens is 1. The van der Waals surface area contributed by atoms with Crippen molar-refractivity contribution in [2.75, 3.05) is 13.7 Å². The summed E-state index contributed by atoms with van der Waals surface area (Å²) < 4.78 is 11.7. The summed E-state index contributed by atoms with van der Waals surface area (Å²) >= 11 is 5.67. The van der Waals surface area contributed by atoms with Gasteiger partial charge in [-0.2, -0.15) is 5.26 Å². The number of thiol groups is 1. The molecule has 0 aliphatic carbocycles. The number of aliphatic hydroxyl groups is 2. The molecule has 1 aromatic heterocycles. The van der Waals surface area contributed by atoms with E-state index in [-0.39, 0.29) is 11.1 Å². The molecule has 2 aromatic rings. The third-order valence-electron chi connectivity index (χ3n) is 4.48. The molecule has 1 saturated heterocycles. The highest BCUT2D eigenvalue weighted by Gasteiger charge is 2.57. The number of aliphatic hydroxyl groups excluding tert-OH is 2. The highest BCUT2D eigenvalue weighted by atomic mass is 32.1. The van der Waals surface area contributed by atoms with Crippen LogP contribution in [0.2, 0.25) is 0 Å². The van der Waals surface area contributed by atoms with Crippen LogP contribution in [0.4, 0.5) is 0 Å². The molecule has 5 atom stereocenters. The molecule has 0 unspecified atom stereocenters. The van der Waals surface area contributed by atoms with Crippen LogP contribution >= 0.6 is 24.0 Å². The zero-order valence-corrected chi connectivity index (χ0v) is 15.3. The first-order valence-corrected chi connectivity index (χ1v) is 8.92. The minimum atomic E-state index is -1.72. The minimum absolute atomic E-state index is 0.177. The molecule has 2 heterocycles. The lowest BCUT2D eigenvalue weighted by atomic mass is 9.74. The quantitative estimate of drug-likeness (QED) is 0.312. The van der Waals surface area contributed by atoms with Gasteiger partial charge in [0.05, 0.1) is 34.0 Å². The number of nitrogens with zero attached hydrogens (tertiary/aromatic N) is 5. The highest BCUT2D eigenvalue weighted by molar-refractivity contribution is 7.80. The Morgan fingerprint density at radius 2 is 2.38 bits per heavy atom. The van der Waals surface area contributed by atoms with E-state index in [1.54, 1.807) is 17.6 Å². The average Bonchev–Trinajstić information content (AvgIpc) is 3.10. The van der Waals surface area contributed by atoms with Gasteiger partial charge in [-0.15, -0.1) is 24.0 Å². The van der Waals surface area contributed by atoms with Crippen molar-refractivity contribution < 1.29 is 19.7 Å². The van der Waals surface area contributed by atoms with Crippen molar-refractivity contribution in [1.29, 1.82) is 5.26 Å². The van der Waals surface area contributed by atoms with Gasteiger partial charge in [0, 0.05) is 12.0 Å². The monoisotopic (exact) mass is 393 g/mol. The molecule has 1 aromatic carbocycles. The fraction of sp³-hybridized carbons (Fsp3) is 0.467. The lowest BCUT2D eigenvalue weighted by Crippen LogP contribution is -2.63. The van der Waals surface area contributed by atoms with Gasteiger partial charge in [-0.05, 0) is 23.2 Å². The Morgan fingerprint density at radius 1 is 1.62 bits per heavy atom. The van der Waals surface area contributed by atoms with Gasteiger partial charge in [0.1, 0.15) is 29.3 Å². The molecule has 26 heavy (non-hydrogen) atoms. The average molecular weight is 393 g/mol. The largest absolute Gasteiger partial charge is 0.394 e. The molecular weight excluding hydrogens is 378 g/mol. The van der Waals surface area contributed by atoms with Crippen LogP contribution in [0.1, 0.15) is 11.1 Å². The second-order valence-electron chi connectivity index (χ2n) is 5.69. The molecule has 1 aliphatic heterocycles. The lowest BCUT2D eigenvalue weighted by molar-refractivity contribution is -0.201. The predicted molar refractivity (Wildman–Crippen MR) is 96.7 cm³/mol. The Labute approximate surface area is 157 Å². The van der Waals surface area contributed by atoms with E-state index < -0.39 is 35.9 Å². The summed E-state index contributed by atoms with van der Waals surface area (Å²) in [6.07, 6.45) is -3.54. The van der Waals surface area contributed by atoms with Crippen LogP contribution in [-0.4, -0.2) is 52.7 Å². The number of thiazole rings is 1. The molecule has 0 bridgehead atoms. The van der Waals surface area contributed by atoms with Gasteiger partial charge >= 0.3 is 0 Å². The van der Waals surface area contributed by atoms with E-state index in [4.69, 9.17) is 9.47 Å². The number of benzene rings is 1. The van der Waals surface area contributed by atoms with Crippen LogP contribution in [-0.2, 0) is 15.0 Å². The van der Waals surface area contributed by atoms with Gasteiger partial charge in [0.15, 0.2) is 0 Å². The number of azide groups is 1. The molecule has 0 amide bonds. The molecule has 11 heteroatoms. The first-order chi connectivity index (χ1) is 12.5. The first kappa shape index (κ1) is 18.9. The Balaban J connectivity index is 2.36. The molecule has 136 valence electrons. The molecule has 2 N–H and O–H groups in total. The van der Waals surface area contributed by atoms with E-state index in [9.17, 15) is 21.0 Å². The van der Waals surface area contributed by atoms with E-state index >= 15 is 0 Å². The Bertz CT molecular complexity index is 909. The summed E-state index contributed by atoms with van der Waals surface area (Å²) in [5, 5.41) is 34.0. The van der Waals surface area contributed by atoms with Crippen molar-refractivity contribution in [3.05, 3.63) is 39.2 Å². The number of hydrogen-bond acceptors (Lipinski definition) is 9. The number of hydrogen-bond donors (Lipinski definition) is 3. The number of methoxy groups -OCH3 is 1. The molecule has 1 fully saturated rings. The maximum atomic E-state index is 10.9. The topological polar surface area (TPSA) is 144 Å². The van der Waals surface area contributed by atoms with Crippen LogP contribution in [0.5, 0.6) is 0 Å². The van der Waals surface area contributed by atoms with E-state index in [1.165, 1.54) is 18.4 Å². The number of fused-ring (bicyclic) bond motifs is 1. The van der Waals surface area contributed by atoms with Gasteiger partial charge in [0.2, 0.25) is 0 Å². The maximum absolute atomic E-state index is 10.9. The second-order valence-corrected chi connectivity index (χ2v) is 7.09. The fourth-order valence-corrected chi connectivity index (χ4v) is 4.52. The Kier molecular flexibility index (Phi) is 5.36. The lowest BCUT2D eigenvalue weighted by Gasteiger charge is -2.49. The molecule has 9 nitrogen and oxygen atoms in total. The smallest absolute Gasteiger partial charge is 0.133 e. The van der Waals surface area contributed by atoms with Crippen LogP contribution < -0.4 is 0 Å². The number of nitriles is 1. The second kappa shape index (κ2) is 7.38. The van der Waals surface area contributed by atoms with Crippen molar-refractivity contribution >= 4 is 34.2 Å². The van der Waals surface area contributed by atoms with Crippen molar-refractivity contribution in [3.8, 4) is 6.07 Å². The van der Waals surface area contributed by atoms with E-state index in [2.05, 4.69) is 33.7 Å². The molecular formula is C15H15N5O4S2. The van der Waals surface area contributed by atoms with Gasteiger partial charge in [-0.25, -0.2) is 4.98 Å². The Hall–Kier alpha value is -1.90. The van der Waals surface area contributed by atoms with Crippen molar-refractivity contribution in [2.24, 2.45) is 5.11 Å². The van der Waals surface area contributed by atoms with Crippen LogP contribution in [0.15, 0.2) is 22.8 Å². The van der Waals surface area contributed by atoms with Crippen molar-refractivity contribution in [3.63, 3.8) is 0 Å². The van der Waals surface area contributed by atoms with Gasteiger partial charge in [0.25, 0.3) is 0 Å². The van der Waals surface area contributed by atoms with E-state index in [0.717, 1.165) is 4.70 Å². The third-order valence-corrected chi connectivity index (χ3v) is 5.66. The summed E-state index contributed by atoms with van der Waals surface area (Å²) in [6.45, 7) is -0.526. The summed E-state index contributed by atoms with van der Waals surface area (Å²) in [6, 6.07) is 5.27. The van der Waals surface area contributed by atoms with Gasteiger partial charge in [-0.3, -0.25) is 0 Å². The number of rotatable bonds is 4. The minimum Gasteiger partial charge on any atom is -0.394 e. The zero-order chi connectivity index (χ0) is 18.9. The van der Waals surface area contributed by atoms with Crippen LogP contribution in [0, 0.1) is 11.3 Å². The predicted octanol–water partition coefficient (Wildman–Crippen LogP) is 1.70. The summed E-state index contributed by atoms with van der Waals surface area (Å²) in [4.78, 5) is 7.07. The molecule has 0 radical (unpaired) electrons. The molecule has 0 spiro atoms. The van der Waals surface area contributed by atoms with E-state index in [1.807, 2.05) is 0 Å². The van der Waals surface area contributed by atoms with Gasteiger partial charge in [-0.1, -0.05) is 5.11 Å². The fourth-order valence-electron chi connectivity index (χ4n) is 3.32. The zero-order valence-electron chi connectivity index (χ0n) is 13.6. The van der Waals surface area contributed by atoms with Crippen molar-refractivity contribution in [1.82, 2.24) is 4.98 Å². The van der Waals surface area contributed by atoms with Crippen LogP contribution in [0.3, 0.4) is 0 Å². The van der Waals surface area contributed by atoms with E-state index in [0.29, 0.717) is 5.52 Å². The highest BCUT2D eigenvalue weighted by Crippen LogP contribution is 2.46. The SMILES string of the molecule is CO[C@@H]1[C@H](S)O[C@@H](CO)[C@@H](O)[C@]1(N=[N+]=[N-])c1cc2scnc2cc1C#N. The third kappa shape index (κ3) is 2.72. The molecule has 1 aliphatic rings. The standard InChI is InChI=1S/C15H15N5O4S2/c1-23-13-14(25)24-10(5-21)12(22)15(13,19-20-17)8-3-11-9(18-6-26-11)2-7(8)4-16/h2-3,6,10,12-14,21-22,25H,5H2,1H3/t10-,12+,13+,14-,15+/m0/s1. The maximum Gasteiger partial charge on any atom is 0.133 e. The van der Waals surface area contributed by atoms with Gasteiger partial charge < -0.3 is 19.7 Å². The summed E-state index contributed by atoms with van der Waals surface area (Å²) in [7, 11) is 1.36. The molecule has 3 rings (SSSR count).